The van der Waals surface area contributed by atoms with Crippen LogP contribution in [-0.2, 0) is 19.6 Å². The lowest BCUT2D eigenvalue weighted by Gasteiger charge is -2.30. The van der Waals surface area contributed by atoms with E-state index in [1.54, 1.807) is 24.8 Å². The number of carbonyl (C=O) groups excluding carboxylic acids is 2. The number of sulfonamides is 1. The molecule has 0 unspecified atom stereocenters. The SMILES string of the molecule is CCN(C(=O)[C@H]1CCCN1S(=O)(=O)c1cc2c(cc1C)NC(=O)[C@H](C)O2)c1ccccc1. The lowest BCUT2D eigenvalue weighted by atomic mass is 10.1. The number of para-hydroxylation sites is 1. The first kappa shape index (κ1) is 22.3. The standard InChI is InChI=1S/C23H27N3O5S/c1-4-25(17-9-6-5-7-10-17)23(28)19-11-8-12-26(19)32(29,30)21-14-20-18(13-15(21)2)24-22(27)16(3)31-20/h5-7,9-10,13-14,16,19H,4,8,11-12H2,1-3H3,(H,24,27)/t16-,19+/m0/s1. The van der Waals surface area contributed by atoms with Gasteiger partial charge in [-0.2, -0.15) is 4.31 Å². The Kier molecular flexibility index (Phi) is 5.96. The van der Waals surface area contributed by atoms with Crippen molar-refractivity contribution in [2.24, 2.45) is 0 Å². The Labute approximate surface area is 188 Å². The fourth-order valence-corrected chi connectivity index (χ4v) is 6.15. The monoisotopic (exact) mass is 457 g/mol. The number of hydrogen-bond donors (Lipinski definition) is 1. The van der Waals surface area contributed by atoms with Crippen molar-refractivity contribution in [3.05, 3.63) is 48.0 Å². The second-order valence-electron chi connectivity index (χ2n) is 8.06. The molecule has 2 aliphatic heterocycles. The van der Waals surface area contributed by atoms with Crippen LogP contribution in [0.15, 0.2) is 47.4 Å². The van der Waals surface area contributed by atoms with Gasteiger partial charge in [0.25, 0.3) is 5.91 Å². The summed E-state index contributed by atoms with van der Waals surface area (Å²) in [6, 6.07) is 11.5. The number of ether oxygens (including phenoxy) is 1. The van der Waals surface area contributed by atoms with Gasteiger partial charge in [-0.1, -0.05) is 18.2 Å². The minimum atomic E-state index is -3.96. The number of carbonyl (C=O) groups is 2. The normalized spacial score (nSPS) is 20.9. The predicted octanol–water partition coefficient (Wildman–Crippen LogP) is 2.92. The van der Waals surface area contributed by atoms with Crippen molar-refractivity contribution in [3.8, 4) is 5.75 Å². The van der Waals surface area contributed by atoms with E-state index in [9.17, 15) is 18.0 Å². The second-order valence-corrected chi connectivity index (χ2v) is 9.91. The van der Waals surface area contributed by atoms with Gasteiger partial charge in [-0.3, -0.25) is 9.59 Å². The summed E-state index contributed by atoms with van der Waals surface area (Å²) in [5, 5.41) is 2.73. The Bertz CT molecular complexity index is 1150. The first-order chi connectivity index (χ1) is 15.2. The summed E-state index contributed by atoms with van der Waals surface area (Å²) in [4.78, 5) is 27.0. The van der Waals surface area contributed by atoms with Crippen LogP contribution in [0.2, 0.25) is 0 Å². The van der Waals surface area contributed by atoms with Gasteiger partial charge in [0.1, 0.15) is 11.8 Å². The second kappa shape index (κ2) is 8.55. The molecule has 2 aromatic rings. The van der Waals surface area contributed by atoms with Crippen LogP contribution in [0, 0.1) is 6.92 Å². The van der Waals surface area contributed by atoms with Gasteiger partial charge in [0, 0.05) is 24.8 Å². The molecule has 0 spiro atoms. The molecule has 0 radical (unpaired) electrons. The number of fused-ring (bicyclic) bond motifs is 1. The molecular formula is C23H27N3O5S. The van der Waals surface area contributed by atoms with Crippen LogP contribution >= 0.6 is 0 Å². The number of hydrogen-bond acceptors (Lipinski definition) is 5. The van der Waals surface area contributed by atoms with Crippen LogP contribution in [-0.4, -0.2) is 49.8 Å². The summed E-state index contributed by atoms with van der Waals surface area (Å²) in [7, 11) is -3.96. The molecule has 2 aliphatic rings. The molecule has 0 aromatic heterocycles. The smallest absolute Gasteiger partial charge is 0.265 e. The minimum Gasteiger partial charge on any atom is -0.479 e. The molecule has 170 valence electrons. The van der Waals surface area contributed by atoms with Crippen molar-refractivity contribution in [1.82, 2.24) is 4.31 Å². The quantitative estimate of drug-likeness (QED) is 0.745. The number of likely N-dealkylation sites (N-methyl/N-ethyl adjacent to an activating group) is 1. The number of nitrogens with zero attached hydrogens (tertiary/aromatic N) is 2. The molecule has 1 saturated heterocycles. The molecule has 0 aliphatic carbocycles. The highest BCUT2D eigenvalue weighted by Gasteiger charge is 2.42. The van der Waals surface area contributed by atoms with E-state index in [1.807, 2.05) is 37.3 Å². The van der Waals surface area contributed by atoms with Gasteiger partial charge in [0.05, 0.1) is 10.6 Å². The van der Waals surface area contributed by atoms with Gasteiger partial charge < -0.3 is 15.0 Å². The van der Waals surface area contributed by atoms with Gasteiger partial charge >= 0.3 is 0 Å². The number of rotatable bonds is 5. The van der Waals surface area contributed by atoms with E-state index in [1.165, 1.54) is 10.4 Å². The van der Waals surface area contributed by atoms with E-state index in [4.69, 9.17) is 4.74 Å². The fourth-order valence-electron chi connectivity index (χ4n) is 4.28. The Balaban J connectivity index is 1.67. The first-order valence-corrected chi connectivity index (χ1v) is 12.2. The van der Waals surface area contributed by atoms with Crippen molar-refractivity contribution < 1.29 is 22.7 Å². The van der Waals surface area contributed by atoms with Crippen LogP contribution in [0.5, 0.6) is 5.75 Å². The van der Waals surface area contributed by atoms with Crippen LogP contribution in [0.3, 0.4) is 0 Å². The summed E-state index contributed by atoms with van der Waals surface area (Å²) in [5.74, 6) is -0.200. The molecule has 1 fully saturated rings. The maximum Gasteiger partial charge on any atom is 0.265 e. The maximum atomic E-state index is 13.7. The molecule has 1 N–H and O–H groups in total. The molecule has 32 heavy (non-hydrogen) atoms. The van der Waals surface area contributed by atoms with Crippen LogP contribution in [0.25, 0.3) is 0 Å². The number of nitrogens with one attached hydrogen (secondary N) is 1. The summed E-state index contributed by atoms with van der Waals surface area (Å²) < 4.78 is 34.2. The largest absolute Gasteiger partial charge is 0.479 e. The lowest BCUT2D eigenvalue weighted by molar-refractivity contribution is -0.123. The highest BCUT2D eigenvalue weighted by molar-refractivity contribution is 7.89. The molecule has 9 heteroatoms. The van der Waals surface area contributed by atoms with Gasteiger partial charge in [0.2, 0.25) is 15.9 Å². The van der Waals surface area contributed by atoms with Crippen molar-refractivity contribution in [3.63, 3.8) is 0 Å². The van der Waals surface area contributed by atoms with E-state index in [2.05, 4.69) is 5.32 Å². The van der Waals surface area contributed by atoms with Gasteiger partial charge in [0.15, 0.2) is 6.10 Å². The molecule has 0 saturated carbocycles. The third-order valence-electron chi connectivity index (χ3n) is 5.93. The molecule has 4 rings (SSSR count). The third kappa shape index (κ3) is 3.86. The molecule has 8 nitrogen and oxygen atoms in total. The van der Waals surface area contributed by atoms with Crippen LogP contribution in [0.1, 0.15) is 32.3 Å². The zero-order chi connectivity index (χ0) is 23.0. The van der Waals surface area contributed by atoms with Crippen LogP contribution < -0.4 is 15.0 Å². The summed E-state index contributed by atoms with van der Waals surface area (Å²) in [6.45, 7) is 5.86. The molecular weight excluding hydrogens is 430 g/mol. The average Bonchev–Trinajstić information content (AvgIpc) is 3.27. The number of aryl methyl sites for hydroxylation is 1. The van der Waals surface area contributed by atoms with E-state index in [0.717, 1.165) is 5.69 Å². The topological polar surface area (TPSA) is 96.0 Å². The summed E-state index contributed by atoms with van der Waals surface area (Å²) in [6.07, 6.45) is 0.357. The predicted molar refractivity (Wildman–Crippen MR) is 121 cm³/mol. The van der Waals surface area contributed by atoms with Crippen molar-refractivity contribution in [2.45, 2.75) is 50.7 Å². The van der Waals surface area contributed by atoms with Gasteiger partial charge in [-0.05, 0) is 57.4 Å². The van der Waals surface area contributed by atoms with E-state index in [0.29, 0.717) is 36.4 Å². The molecule has 2 atom stereocenters. The molecule has 2 heterocycles. The Morgan fingerprint density at radius 3 is 2.66 bits per heavy atom. The van der Waals surface area contributed by atoms with Crippen molar-refractivity contribution in [1.29, 1.82) is 0 Å². The molecule has 2 amide bonds. The fraction of sp³-hybridized carbons (Fsp3) is 0.391. The van der Waals surface area contributed by atoms with E-state index in [-0.39, 0.29) is 23.3 Å². The van der Waals surface area contributed by atoms with E-state index >= 15 is 0 Å². The number of anilines is 2. The summed E-state index contributed by atoms with van der Waals surface area (Å²) in [5.41, 5.74) is 1.67. The highest BCUT2D eigenvalue weighted by Crippen LogP contribution is 2.37. The third-order valence-corrected chi connectivity index (χ3v) is 7.98. The number of benzene rings is 2. The van der Waals surface area contributed by atoms with Crippen molar-refractivity contribution >= 4 is 33.2 Å². The zero-order valence-electron chi connectivity index (χ0n) is 18.4. The Hall–Kier alpha value is -2.91. The number of amides is 2. The Morgan fingerprint density at radius 2 is 1.97 bits per heavy atom. The van der Waals surface area contributed by atoms with Gasteiger partial charge in [-0.15, -0.1) is 0 Å². The maximum absolute atomic E-state index is 13.7. The zero-order valence-corrected chi connectivity index (χ0v) is 19.2. The summed E-state index contributed by atoms with van der Waals surface area (Å²) >= 11 is 0. The van der Waals surface area contributed by atoms with Gasteiger partial charge in [-0.25, -0.2) is 8.42 Å². The van der Waals surface area contributed by atoms with Crippen molar-refractivity contribution in [2.75, 3.05) is 23.3 Å². The van der Waals surface area contributed by atoms with E-state index < -0.39 is 22.2 Å². The minimum absolute atomic E-state index is 0.0852. The molecule has 2 aromatic carbocycles. The van der Waals surface area contributed by atoms with Crippen LogP contribution in [0.4, 0.5) is 11.4 Å². The Morgan fingerprint density at radius 1 is 1.25 bits per heavy atom. The first-order valence-electron chi connectivity index (χ1n) is 10.7. The molecule has 0 bridgehead atoms. The highest BCUT2D eigenvalue weighted by atomic mass is 32.2. The average molecular weight is 458 g/mol. The lowest BCUT2D eigenvalue weighted by Crippen LogP contribution is -2.48.